The summed E-state index contributed by atoms with van der Waals surface area (Å²) in [6.07, 6.45) is 7.37. The summed E-state index contributed by atoms with van der Waals surface area (Å²) >= 11 is 0. The molecular formula is C16H21N3O. The third kappa shape index (κ3) is 2.84. The Bertz CT molecular complexity index is 584. The van der Waals surface area contributed by atoms with Crippen molar-refractivity contribution in [1.82, 2.24) is 14.9 Å². The molecule has 1 saturated carbocycles. The van der Waals surface area contributed by atoms with Crippen molar-refractivity contribution in [3.05, 3.63) is 30.6 Å². The number of hydrogen-bond acceptors (Lipinski definition) is 2. The molecule has 0 saturated heterocycles. The Morgan fingerprint density at radius 3 is 2.95 bits per heavy atom. The third-order valence-electron chi connectivity index (χ3n) is 4.13. The van der Waals surface area contributed by atoms with E-state index in [0.29, 0.717) is 0 Å². The van der Waals surface area contributed by atoms with Crippen LogP contribution in [0.15, 0.2) is 30.6 Å². The van der Waals surface area contributed by atoms with Crippen molar-refractivity contribution in [3.8, 4) is 0 Å². The van der Waals surface area contributed by atoms with Crippen molar-refractivity contribution < 1.29 is 4.79 Å². The second-order valence-corrected chi connectivity index (χ2v) is 5.55. The molecule has 1 aromatic carbocycles. The molecule has 1 aliphatic carbocycles. The second-order valence-electron chi connectivity index (χ2n) is 5.55. The molecular weight excluding hydrogens is 250 g/mol. The molecule has 2 aromatic rings. The van der Waals surface area contributed by atoms with Crippen LogP contribution in [-0.2, 0) is 11.3 Å². The molecule has 1 fully saturated rings. The Morgan fingerprint density at radius 1 is 1.30 bits per heavy atom. The number of para-hydroxylation sites is 2. The standard InChI is InChI=1S/C16H21N3O/c20-16(13-6-1-2-7-13)17-10-5-11-19-12-18-14-8-3-4-9-15(14)19/h3-4,8-9,12-13H,1-2,5-7,10-11H2,(H,17,20). The fraction of sp³-hybridized carbons (Fsp3) is 0.500. The van der Waals surface area contributed by atoms with Crippen LogP contribution in [0.4, 0.5) is 0 Å². The highest BCUT2D eigenvalue weighted by Crippen LogP contribution is 2.24. The fourth-order valence-corrected chi connectivity index (χ4v) is 2.98. The largest absolute Gasteiger partial charge is 0.356 e. The van der Waals surface area contributed by atoms with Crippen LogP contribution in [0.1, 0.15) is 32.1 Å². The van der Waals surface area contributed by atoms with E-state index >= 15 is 0 Å². The number of nitrogens with one attached hydrogen (secondary N) is 1. The molecule has 0 aliphatic heterocycles. The summed E-state index contributed by atoms with van der Waals surface area (Å²) < 4.78 is 2.15. The fourth-order valence-electron chi connectivity index (χ4n) is 2.98. The summed E-state index contributed by atoms with van der Waals surface area (Å²) in [5.74, 6) is 0.516. The van der Waals surface area contributed by atoms with Gasteiger partial charge in [-0.05, 0) is 31.4 Å². The molecule has 1 N–H and O–H groups in total. The maximum Gasteiger partial charge on any atom is 0.223 e. The first-order valence-corrected chi connectivity index (χ1v) is 7.52. The van der Waals surface area contributed by atoms with Crippen LogP contribution in [0.3, 0.4) is 0 Å². The van der Waals surface area contributed by atoms with E-state index in [1.54, 1.807) is 0 Å². The number of hydrogen-bond donors (Lipinski definition) is 1. The number of carbonyl (C=O) groups is 1. The lowest BCUT2D eigenvalue weighted by molar-refractivity contribution is -0.124. The average molecular weight is 271 g/mol. The first-order chi connectivity index (χ1) is 9.84. The van der Waals surface area contributed by atoms with E-state index in [1.165, 1.54) is 12.8 Å². The van der Waals surface area contributed by atoms with Gasteiger partial charge in [0.25, 0.3) is 0 Å². The summed E-state index contributed by atoms with van der Waals surface area (Å²) in [6, 6.07) is 8.14. The molecule has 0 spiro atoms. The van der Waals surface area contributed by atoms with Crippen molar-refractivity contribution in [1.29, 1.82) is 0 Å². The second kappa shape index (κ2) is 6.07. The van der Waals surface area contributed by atoms with Crippen molar-refractivity contribution in [2.75, 3.05) is 6.54 Å². The quantitative estimate of drug-likeness (QED) is 0.850. The van der Waals surface area contributed by atoms with E-state index in [2.05, 4.69) is 20.9 Å². The van der Waals surface area contributed by atoms with Crippen LogP contribution in [-0.4, -0.2) is 22.0 Å². The topological polar surface area (TPSA) is 46.9 Å². The van der Waals surface area contributed by atoms with Gasteiger partial charge in [0.2, 0.25) is 5.91 Å². The van der Waals surface area contributed by atoms with Crippen LogP contribution in [0, 0.1) is 5.92 Å². The SMILES string of the molecule is O=C(NCCCn1cnc2ccccc21)C1CCCC1. The number of benzene rings is 1. The summed E-state index contributed by atoms with van der Waals surface area (Å²) in [7, 11) is 0. The van der Waals surface area contributed by atoms with Crippen molar-refractivity contribution >= 4 is 16.9 Å². The summed E-state index contributed by atoms with van der Waals surface area (Å²) in [4.78, 5) is 16.3. The smallest absolute Gasteiger partial charge is 0.223 e. The number of rotatable bonds is 5. The Labute approximate surface area is 119 Å². The van der Waals surface area contributed by atoms with Crippen LogP contribution in [0.2, 0.25) is 0 Å². The molecule has 106 valence electrons. The molecule has 4 nitrogen and oxygen atoms in total. The highest BCUT2D eigenvalue weighted by Gasteiger charge is 2.21. The number of aryl methyl sites for hydroxylation is 1. The van der Waals surface area contributed by atoms with E-state index in [1.807, 2.05) is 24.5 Å². The monoisotopic (exact) mass is 271 g/mol. The molecule has 0 radical (unpaired) electrons. The van der Waals surface area contributed by atoms with Crippen molar-refractivity contribution in [2.24, 2.45) is 5.92 Å². The zero-order chi connectivity index (χ0) is 13.8. The third-order valence-corrected chi connectivity index (χ3v) is 4.13. The number of fused-ring (bicyclic) bond motifs is 1. The van der Waals surface area contributed by atoms with Crippen molar-refractivity contribution in [2.45, 2.75) is 38.6 Å². The minimum absolute atomic E-state index is 0.248. The summed E-state index contributed by atoms with van der Waals surface area (Å²) in [5, 5.41) is 3.06. The Balaban J connectivity index is 1.47. The lowest BCUT2D eigenvalue weighted by atomic mass is 10.1. The summed E-state index contributed by atoms with van der Waals surface area (Å²) in [6.45, 7) is 1.65. The predicted molar refractivity (Wildman–Crippen MR) is 79.3 cm³/mol. The summed E-state index contributed by atoms with van der Waals surface area (Å²) in [5.41, 5.74) is 2.19. The molecule has 3 rings (SSSR count). The lowest BCUT2D eigenvalue weighted by Crippen LogP contribution is -2.30. The Morgan fingerprint density at radius 2 is 2.10 bits per heavy atom. The van der Waals surface area contributed by atoms with Gasteiger partial charge in [0.05, 0.1) is 17.4 Å². The molecule has 0 bridgehead atoms. The van der Waals surface area contributed by atoms with E-state index in [4.69, 9.17) is 0 Å². The van der Waals surface area contributed by atoms with Crippen LogP contribution >= 0.6 is 0 Å². The predicted octanol–water partition coefficient (Wildman–Crippen LogP) is 2.73. The highest BCUT2D eigenvalue weighted by atomic mass is 16.1. The number of aromatic nitrogens is 2. The average Bonchev–Trinajstić information content (AvgIpc) is 3.13. The molecule has 0 unspecified atom stereocenters. The number of imidazole rings is 1. The van der Waals surface area contributed by atoms with Crippen LogP contribution in [0.5, 0.6) is 0 Å². The number of carbonyl (C=O) groups excluding carboxylic acids is 1. The minimum Gasteiger partial charge on any atom is -0.356 e. The molecule has 1 amide bonds. The Hall–Kier alpha value is -1.84. The van der Waals surface area contributed by atoms with E-state index in [9.17, 15) is 4.79 Å². The zero-order valence-corrected chi connectivity index (χ0v) is 11.7. The van der Waals surface area contributed by atoms with Gasteiger partial charge in [-0.3, -0.25) is 4.79 Å². The van der Waals surface area contributed by atoms with Gasteiger partial charge in [0.1, 0.15) is 0 Å². The maximum absolute atomic E-state index is 11.9. The van der Waals surface area contributed by atoms with Gasteiger partial charge >= 0.3 is 0 Å². The normalized spacial score (nSPS) is 15.8. The Kier molecular flexibility index (Phi) is 4.00. The molecule has 1 heterocycles. The van der Waals surface area contributed by atoms with Gasteiger partial charge < -0.3 is 9.88 Å². The van der Waals surface area contributed by atoms with Gasteiger partial charge in [-0.2, -0.15) is 0 Å². The van der Waals surface area contributed by atoms with Gasteiger partial charge in [0, 0.05) is 19.0 Å². The molecule has 0 atom stereocenters. The molecule has 4 heteroatoms. The lowest BCUT2D eigenvalue weighted by Gasteiger charge is -2.10. The molecule has 20 heavy (non-hydrogen) atoms. The first-order valence-electron chi connectivity index (χ1n) is 7.52. The molecule has 1 aromatic heterocycles. The zero-order valence-electron chi connectivity index (χ0n) is 11.7. The van der Waals surface area contributed by atoms with Crippen LogP contribution in [0.25, 0.3) is 11.0 Å². The van der Waals surface area contributed by atoms with Gasteiger partial charge in [-0.1, -0.05) is 25.0 Å². The van der Waals surface area contributed by atoms with Crippen molar-refractivity contribution in [3.63, 3.8) is 0 Å². The number of amides is 1. The molecule has 1 aliphatic rings. The first kappa shape index (κ1) is 13.2. The van der Waals surface area contributed by atoms with Crippen LogP contribution < -0.4 is 5.32 Å². The van der Waals surface area contributed by atoms with Gasteiger partial charge in [0.15, 0.2) is 0 Å². The van der Waals surface area contributed by atoms with Gasteiger partial charge in [-0.15, -0.1) is 0 Å². The van der Waals surface area contributed by atoms with E-state index in [-0.39, 0.29) is 11.8 Å². The van der Waals surface area contributed by atoms with E-state index < -0.39 is 0 Å². The van der Waals surface area contributed by atoms with E-state index in [0.717, 1.165) is 43.4 Å². The minimum atomic E-state index is 0.248. The maximum atomic E-state index is 11.9. The number of nitrogens with zero attached hydrogens (tertiary/aromatic N) is 2. The van der Waals surface area contributed by atoms with Gasteiger partial charge in [-0.25, -0.2) is 4.98 Å². The highest BCUT2D eigenvalue weighted by molar-refractivity contribution is 5.78.